The third-order valence-corrected chi connectivity index (χ3v) is 4.91. The molecule has 2 atom stereocenters. The monoisotopic (exact) mass is 347 g/mol. The van der Waals surface area contributed by atoms with E-state index in [1.54, 1.807) is 11.8 Å². The third-order valence-electron chi connectivity index (χ3n) is 4.01. The molecule has 1 fully saturated rings. The lowest BCUT2D eigenvalue weighted by Crippen LogP contribution is -2.33. The minimum Gasteiger partial charge on any atom is -0.330 e. The molecule has 0 saturated carbocycles. The highest BCUT2D eigenvalue weighted by Crippen LogP contribution is 2.37. The lowest BCUT2D eigenvalue weighted by molar-refractivity contribution is -0.179. The number of aryl methyl sites for hydroxylation is 1. The van der Waals surface area contributed by atoms with Gasteiger partial charge < -0.3 is 5.73 Å². The maximum atomic E-state index is 13.0. The first-order valence-electron chi connectivity index (χ1n) is 7.13. The van der Waals surface area contributed by atoms with E-state index in [0.29, 0.717) is 15.7 Å². The Hall–Kier alpha value is -1.52. The number of hydrogen-bond acceptors (Lipinski definition) is 6. The Bertz CT molecular complexity index is 771. The van der Waals surface area contributed by atoms with E-state index in [-0.39, 0.29) is 31.7 Å². The molecular weight excluding hydrogens is 331 g/mol. The molecule has 0 bridgehead atoms. The van der Waals surface area contributed by atoms with Gasteiger partial charge in [0.05, 0.1) is 12.5 Å². The van der Waals surface area contributed by atoms with Gasteiger partial charge in [-0.2, -0.15) is 22.8 Å². The van der Waals surface area contributed by atoms with Crippen molar-refractivity contribution in [2.24, 2.45) is 17.6 Å². The van der Waals surface area contributed by atoms with Gasteiger partial charge in [0.2, 0.25) is 4.96 Å². The Kier molecular flexibility index (Phi) is 4.15. The molecule has 23 heavy (non-hydrogen) atoms. The number of fused-ring (bicyclic) bond motifs is 1. The molecule has 2 unspecified atom stereocenters. The standard InChI is InChI=1S/C13H16F3N5OS/c1-7-2-11(22)21-12(18-7)23-10(19-21)6-20-4-8(3-17)9(5-20)13(14,15)16/h2,8-9H,3-6,17H2,1H3. The lowest BCUT2D eigenvalue weighted by Gasteiger charge is -2.19. The fraction of sp³-hybridized carbons (Fsp3) is 0.615. The summed E-state index contributed by atoms with van der Waals surface area (Å²) >= 11 is 1.22. The van der Waals surface area contributed by atoms with Crippen molar-refractivity contribution in [1.29, 1.82) is 0 Å². The fourth-order valence-electron chi connectivity index (χ4n) is 2.91. The Morgan fingerprint density at radius 2 is 2.17 bits per heavy atom. The van der Waals surface area contributed by atoms with Gasteiger partial charge in [-0.25, -0.2) is 4.98 Å². The van der Waals surface area contributed by atoms with Crippen molar-refractivity contribution < 1.29 is 13.2 Å². The molecule has 1 saturated heterocycles. The van der Waals surface area contributed by atoms with Gasteiger partial charge in [0.25, 0.3) is 5.56 Å². The molecule has 2 aromatic rings. The van der Waals surface area contributed by atoms with Gasteiger partial charge in [-0.15, -0.1) is 0 Å². The largest absolute Gasteiger partial charge is 0.393 e. The minimum absolute atomic E-state index is 0.000724. The summed E-state index contributed by atoms with van der Waals surface area (Å²) < 4.78 is 40.3. The molecule has 2 aromatic heterocycles. The number of nitrogens with two attached hydrogens (primary N) is 1. The number of alkyl halides is 3. The zero-order valence-electron chi connectivity index (χ0n) is 12.4. The second-order valence-electron chi connectivity index (χ2n) is 5.76. The molecular formula is C13H16F3N5OS. The highest BCUT2D eigenvalue weighted by molar-refractivity contribution is 7.16. The summed E-state index contributed by atoms with van der Waals surface area (Å²) in [7, 11) is 0. The SMILES string of the molecule is Cc1cc(=O)n2nc(CN3CC(CN)C(C(F)(F)F)C3)sc2n1. The summed E-state index contributed by atoms with van der Waals surface area (Å²) in [6.45, 7) is 2.15. The highest BCUT2D eigenvalue weighted by Gasteiger charge is 2.49. The quantitative estimate of drug-likeness (QED) is 0.897. The van der Waals surface area contributed by atoms with Crippen LogP contribution in [0, 0.1) is 18.8 Å². The van der Waals surface area contributed by atoms with Crippen LogP contribution >= 0.6 is 11.3 Å². The van der Waals surface area contributed by atoms with Crippen LogP contribution in [0.4, 0.5) is 13.2 Å². The van der Waals surface area contributed by atoms with Crippen LogP contribution in [0.5, 0.6) is 0 Å². The summed E-state index contributed by atoms with van der Waals surface area (Å²) in [6, 6.07) is 1.37. The second-order valence-corrected chi connectivity index (χ2v) is 6.80. The molecule has 0 aliphatic carbocycles. The first kappa shape index (κ1) is 16.3. The normalized spacial score (nSPS) is 23.0. The number of likely N-dealkylation sites (tertiary alicyclic amines) is 1. The van der Waals surface area contributed by atoms with Crippen LogP contribution in [-0.4, -0.2) is 45.3 Å². The van der Waals surface area contributed by atoms with Gasteiger partial charge in [0, 0.05) is 24.8 Å². The van der Waals surface area contributed by atoms with Gasteiger partial charge in [0.15, 0.2) is 0 Å². The zero-order valence-corrected chi connectivity index (χ0v) is 13.2. The average Bonchev–Trinajstić information content (AvgIpc) is 3.02. The molecule has 10 heteroatoms. The average molecular weight is 347 g/mol. The first-order valence-corrected chi connectivity index (χ1v) is 7.95. The van der Waals surface area contributed by atoms with Crippen molar-refractivity contribution in [3.8, 4) is 0 Å². The summed E-state index contributed by atoms with van der Waals surface area (Å²) in [5.41, 5.74) is 5.78. The minimum atomic E-state index is -4.25. The molecule has 0 amide bonds. The van der Waals surface area contributed by atoms with Crippen molar-refractivity contribution in [1.82, 2.24) is 19.5 Å². The summed E-state index contributed by atoms with van der Waals surface area (Å²) in [4.78, 5) is 18.2. The van der Waals surface area contributed by atoms with Gasteiger partial charge in [-0.3, -0.25) is 9.69 Å². The molecule has 0 radical (unpaired) electrons. The highest BCUT2D eigenvalue weighted by atomic mass is 32.1. The van der Waals surface area contributed by atoms with Crippen LogP contribution < -0.4 is 11.3 Å². The second kappa shape index (κ2) is 5.84. The smallest absolute Gasteiger partial charge is 0.330 e. The Labute approximate surface area is 133 Å². The number of halogens is 3. The number of rotatable bonds is 3. The van der Waals surface area contributed by atoms with Crippen molar-refractivity contribution in [2.45, 2.75) is 19.6 Å². The Morgan fingerprint density at radius 1 is 1.43 bits per heavy atom. The van der Waals surface area contributed by atoms with E-state index in [1.165, 1.54) is 21.9 Å². The molecule has 126 valence electrons. The van der Waals surface area contributed by atoms with E-state index in [4.69, 9.17) is 5.73 Å². The van der Waals surface area contributed by atoms with E-state index in [0.717, 1.165) is 0 Å². The van der Waals surface area contributed by atoms with E-state index in [2.05, 4.69) is 10.1 Å². The van der Waals surface area contributed by atoms with Gasteiger partial charge in [-0.1, -0.05) is 11.3 Å². The maximum Gasteiger partial charge on any atom is 0.393 e. The molecule has 0 spiro atoms. The number of aromatic nitrogens is 3. The molecule has 1 aliphatic rings. The summed E-state index contributed by atoms with van der Waals surface area (Å²) in [5, 5.41) is 4.73. The number of hydrogen-bond donors (Lipinski definition) is 1. The van der Waals surface area contributed by atoms with Crippen LogP contribution in [0.1, 0.15) is 10.7 Å². The predicted octanol–water partition coefficient (Wildman–Crippen LogP) is 1.03. The zero-order chi connectivity index (χ0) is 16.8. The van der Waals surface area contributed by atoms with Crippen LogP contribution in [0.25, 0.3) is 4.96 Å². The van der Waals surface area contributed by atoms with Crippen LogP contribution in [-0.2, 0) is 6.54 Å². The Morgan fingerprint density at radius 3 is 2.78 bits per heavy atom. The van der Waals surface area contributed by atoms with Crippen LogP contribution in [0.15, 0.2) is 10.9 Å². The van der Waals surface area contributed by atoms with Gasteiger partial charge >= 0.3 is 6.18 Å². The van der Waals surface area contributed by atoms with E-state index >= 15 is 0 Å². The molecule has 2 N–H and O–H groups in total. The van der Waals surface area contributed by atoms with Crippen molar-refractivity contribution in [3.05, 3.63) is 27.1 Å². The fourth-order valence-corrected chi connectivity index (χ4v) is 3.90. The van der Waals surface area contributed by atoms with E-state index in [9.17, 15) is 18.0 Å². The maximum absolute atomic E-state index is 13.0. The summed E-state index contributed by atoms with van der Waals surface area (Å²) in [6.07, 6.45) is -4.25. The predicted molar refractivity (Wildman–Crippen MR) is 79.2 cm³/mol. The molecule has 3 rings (SSSR count). The lowest BCUT2D eigenvalue weighted by atomic mass is 9.96. The van der Waals surface area contributed by atoms with Gasteiger partial charge in [0.1, 0.15) is 5.01 Å². The Balaban J connectivity index is 1.80. The molecule has 6 nitrogen and oxygen atoms in total. The molecule has 3 heterocycles. The van der Waals surface area contributed by atoms with Crippen LogP contribution in [0.3, 0.4) is 0 Å². The third kappa shape index (κ3) is 3.24. The van der Waals surface area contributed by atoms with E-state index < -0.39 is 18.0 Å². The number of nitrogens with zero attached hydrogens (tertiary/aromatic N) is 4. The molecule has 1 aliphatic heterocycles. The van der Waals surface area contributed by atoms with Crippen molar-refractivity contribution in [2.75, 3.05) is 19.6 Å². The van der Waals surface area contributed by atoms with Gasteiger partial charge in [-0.05, 0) is 19.4 Å². The van der Waals surface area contributed by atoms with Crippen molar-refractivity contribution >= 4 is 16.3 Å². The molecule has 0 aromatic carbocycles. The van der Waals surface area contributed by atoms with Crippen molar-refractivity contribution in [3.63, 3.8) is 0 Å². The van der Waals surface area contributed by atoms with E-state index in [1.807, 2.05) is 0 Å². The van der Waals surface area contributed by atoms with Crippen LogP contribution in [0.2, 0.25) is 0 Å². The topological polar surface area (TPSA) is 76.5 Å². The summed E-state index contributed by atoms with van der Waals surface area (Å²) in [5.74, 6) is -2.02. The first-order chi connectivity index (χ1) is 10.8.